The summed E-state index contributed by atoms with van der Waals surface area (Å²) in [5, 5.41) is 0.493. The van der Waals surface area contributed by atoms with Gasteiger partial charge in [-0.15, -0.1) is 0 Å². The summed E-state index contributed by atoms with van der Waals surface area (Å²) in [4.78, 5) is 26.9. The first-order valence-electron chi connectivity index (χ1n) is 12.5. The highest BCUT2D eigenvalue weighted by molar-refractivity contribution is 7.89. The number of H-pyrrole nitrogens is 1. The molecule has 2 fully saturated rings. The Bertz CT molecular complexity index is 1350. The zero-order valence-corrected chi connectivity index (χ0v) is 22.2. The molecule has 1 N–H and O–H groups in total. The van der Waals surface area contributed by atoms with Crippen LogP contribution in [0.15, 0.2) is 70.4 Å². The lowest BCUT2D eigenvalue weighted by atomic mass is 10.2. The van der Waals surface area contributed by atoms with E-state index in [2.05, 4.69) is 39.0 Å². The van der Waals surface area contributed by atoms with E-state index in [1.54, 1.807) is 18.2 Å². The molecule has 196 valence electrons. The number of piperazine rings is 2. The summed E-state index contributed by atoms with van der Waals surface area (Å²) in [6.07, 6.45) is 0. The van der Waals surface area contributed by atoms with Gasteiger partial charge >= 0.3 is 0 Å². The Morgan fingerprint density at radius 1 is 0.811 bits per heavy atom. The van der Waals surface area contributed by atoms with Crippen LogP contribution in [0.5, 0.6) is 0 Å². The van der Waals surface area contributed by atoms with Gasteiger partial charge in [-0.25, -0.2) is 13.4 Å². The van der Waals surface area contributed by atoms with E-state index in [4.69, 9.17) is 16.6 Å². The Balaban J connectivity index is 1.17. The number of hydrogen-bond acceptors (Lipinski definition) is 7. The quantitative estimate of drug-likeness (QED) is 0.489. The standard InChI is InChI=1S/C26H31ClN6O3S/c27-22-6-8-24(9-7-22)37(35,36)33-16-14-32(15-17-33)26-28-23(18-25(34)29-26)20-31-12-10-30(11-13-31)19-21-4-2-1-3-5-21/h1-9,18H,10-17,19-20H2,(H,28,29,34). The highest BCUT2D eigenvalue weighted by Crippen LogP contribution is 2.21. The van der Waals surface area contributed by atoms with Gasteiger partial charge in [-0.2, -0.15) is 4.31 Å². The minimum Gasteiger partial charge on any atom is -0.340 e. The number of nitrogens with zero attached hydrogens (tertiary/aromatic N) is 5. The number of sulfonamides is 1. The Morgan fingerprint density at radius 2 is 1.43 bits per heavy atom. The molecule has 0 amide bonds. The molecule has 11 heteroatoms. The Kier molecular flexibility index (Phi) is 7.92. The lowest BCUT2D eigenvalue weighted by Gasteiger charge is -2.35. The van der Waals surface area contributed by atoms with Crippen LogP contribution < -0.4 is 10.5 Å². The lowest BCUT2D eigenvalue weighted by molar-refractivity contribution is 0.121. The molecule has 2 aromatic carbocycles. The van der Waals surface area contributed by atoms with Crippen LogP contribution in [0.1, 0.15) is 11.3 Å². The highest BCUT2D eigenvalue weighted by atomic mass is 35.5. The SMILES string of the molecule is O=c1cc(CN2CCN(Cc3ccccc3)CC2)nc(N2CCN(S(=O)(=O)c3ccc(Cl)cc3)CC2)[nH]1. The van der Waals surface area contributed by atoms with E-state index in [0.29, 0.717) is 43.7 Å². The Labute approximate surface area is 222 Å². The Morgan fingerprint density at radius 3 is 2.08 bits per heavy atom. The fourth-order valence-corrected chi connectivity index (χ4v) is 6.34. The molecule has 2 aliphatic heterocycles. The van der Waals surface area contributed by atoms with Crippen LogP contribution in [0.4, 0.5) is 5.95 Å². The molecule has 1 aromatic heterocycles. The van der Waals surface area contributed by atoms with Crippen LogP contribution in [0.3, 0.4) is 0 Å². The van der Waals surface area contributed by atoms with E-state index < -0.39 is 10.0 Å². The monoisotopic (exact) mass is 542 g/mol. The van der Waals surface area contributed by atoms with Crippen LogP contribution in [0, 0.1) is 0 Å². The highest BCUT2D eigenvalue weighted by Gasteiger charge is 2.29. The third-order valence-electron chi connectivity index (χ3n) is 6.87. The number of nitrogens with one attached hydrogen (secondary N) is 1. The van der Waals surface area contributed by atoms with E-state index in [1.807, 2.05) is 11.0 Å². The number of rotatable bonds is 7. The second-order valence-corrected chi connectivity index (χ2v) is 11.8. The first kappa shape index (κ1) is 25.9. The van der Waals surface area contributed by atoms with Crippen molar-refractivity contribution < 1.29 is 8.42 Å². The zero-order valence-electron chi connectivity index (χ0n) is 20.6. The third-order valence-corrected chi connectivity index (χ3v) is 9.04. The number of hydrogen-bond donors (Lipinski definition) is 1. The van der Waals surface area contributed by atoms with Gasteiger partial charge in [0.1, 0.15) is 0 Å². The summed E-state index contributed by atoms with van der Waals surface area (Å²) in [7, 11) is -3.60. The van der Waals surface area contributed by atoms with Gasteiger partial charge in [0, 0.05) is 76.5 Å². The fraction of sp³-hybridized carbons (Fsp3) is 0.385. The van der Waals surface area contributed by atoms with E-state index in [1.165, 1.54) is 22.0 Å². The van der Waals surface area contributed by atoms with Crippen molar-refractivity contribution in [3.05, 3.63) is 87.3 Å². The minimum absolute atomic E-state index is 0.195. The topological polar surface area (TPSA) is 92.8 Å². The van der Waals surface area contributed by atoms with Gasteiger partial charge in [-0.3, -0.25) is 19.6 Å². The first-order valence-corrected chi connectivity index (χ1v) is 14.3. The molecule has 9 nitrogen and oxygen atoms in total. The molecule has 0 atom stereocenters. The van der Waals surface area contributed by atoms with Crippen LogP contribution >= 0.6 is 11.6 Å². The van der Waals surface area contributed by atoms with E-state index in [-0.39, 0.29) is 10.5 Å². The normalized spacial score (nSPS) is 18.2. The molecule has 2 aliphatic rings. The van der Waals surface area contributed by atoms with Crippen molar-refractivity contribution in [3.8, 4) is 0 Å². The number of benzene rings is 2. The summed E-state index contributed by atoms with van der Waals surface area (Å²) < 4.78 is 27.4. The Hall–Kier alpha value is -2.76. The molecule has 2 saturated heterocycles. The van der Waals surface area contributed by atoms with Gasteiger partial charge in [-0.05, 0) is 29.8 Å². The van der Waals surface area contributed by atoms with Crippen molar-refractivity contribution in [2.75, 3.05) is 57.3 Å². The van der Waals surface area contributed by atoms with Crippen LogP contribution in [-0.2, 0) is 23.1 Å². The molecular formula is C26H31ClN6O3S. The average molecular weight is 543 g/mol. The maximum atomic E-state index is 13.0. The summed E-state index contributed by atoms with van der Waals surface area (Å²) in [5.74, 6) is 0.494. The molecule has 0 spiro atoms. The van der Waals surface area contributed by atoms with Crippen LogP contribution in [-0.4, -0.2) is 84.8 Å². The molecule has 37 heavy (non-hydrogen) atoms. The molecule has 0 bridgehead atoms. The smallest absolute Gasteiger partial charge is 0.252 e. The summed E-state index contributed by atoms with van der Waals surface area (Å²) in [6, 6.07) is 18.2. The largest absolute Gasteiger partial charge is 0.340 e. The number of aromatic nitrogens is 2. The second-order valence-electron chi connectivity index (χ2n) is 9.44. The predicted molar refractivity (Wildman–Crippen MR) is 144 cm³/mol. The second kappa shape index (κ2) is 11.3. The molecule has 3 heterocycles. The number of anilines is 1. The molecular weight excluding hydrogens is 512 g/mol. The third kappa shape index (κ3) is 6.39. The summed E-state index contributed by atoms with van der Waals surface area (Å²) in [6.45, 7) is 6.82. The minimum atomic E-state index is -3.60. The molecule has 0 saturated carbocycles. The maximum absolute atomic E-state index is 13.0. The molecule has 0 unspecified atom stereocenters. The maximum Gasteiger partial charge on any atom is 0.252 e. The van der Waals surface area contributed by atoms with E-state index in [9.17, 15) is 13.2 Å². The molecule has 3 aromatic rings. The van der Waals surface area contributed by atoms with Gasteiger partial charge in [0.2, 0.25) is 16.0 Å². The number of halogens is 1. The van der Waals surface area contributed by atoms with Gasteiger partial charge in [0.25, 0.3) is 5.56 Å². The van der Waals surface area contributed by atoms with E-state index in [0.717, 1.165) is 38.4 Å². The first-order chi connectivity index (χ1) is 17.9. The van der Waals surface area contributed by atoms with Crippen molar-refractivity contribution in [2.24, 2.45) is 0 Å². The van der Waals surface area contributed by atoms with Crippen LogP contribution in [0.25, 0.3) is 0 Å². The van der Waals surface area contributed by atoms with Crippen molar-refractivity contribution >= 4 is 27.6 Å². The van der Waals surface area contributed by atoms with Gasteiger partial charge in [-0.1, -0.05) is 41.9 Å². The van der Waals surface area contributed by atoms with Crippen molar-refractivity contribution in [3.63, 3.8) is 0 Å². The summed E-state index contributed by atoms with van der Waals surface area (Å²) >= 11 is 5.90. The van der Waals surface area contributed by atoms with E-state index >= 15 is 0 Å². The predicted octanol–water partition coefficient (Wildman–Crippen LogP) is 2.25. The molecule has 5 rings (SSSR count). The van der Waals surface area contributed by atoms with Gasteiger partial charge in [0.05, 0.1) is 10.6 Å². The van der Waals surface area contributed by atoms with Crippen molar-refractivity contribution in [1.29, 1.82) is 0 Å². The van der Waals surface area contributed by atoms with Crippen LogP contribution in [0.2, 0.25) is 5.02 Å². The zero-order chi connectivity index (χ0) is 25.8. The van der Waals surface area contributed by atoms with Gasteiger partial charge < -0.3 is 4.90 Å². The van der Waals surface area contributed by atoms with Crippen molar-refractivity contribution in [2.45, 2.75) is 18.0 Å². The molecule has 0 aliphatic carbocycles. The summed E-state index contributed by atoms with van der Waals surface area (Å²) in [5.41, 5.74) is 1.85. The number of aromatic amines is 1. The lowest BCUT2D eigenvalue weighted by Crippen LogP contribution is -2.49. The van der Waals surface area contributed by atoms with Gasteiger partial charge in [0.15, 0.2) is 0 Å². The van der Waals surface area contributed by atoms with Crippen molar-refractivity contribution in [1.82, 2.24) is 24.1 Å². The average Bonchev–Trinajstić information content (AvgIpc) is 2.90. The fourth-order valence-electron chi connectivity index (χ4n) is 4.80. The molecule has 0 radical (unpaired) electrons.